The second-order valence-electron chi connectivity index (χ2n) is 13.4. The highest BCUT2D eigenvalue weighted by Crippen LogP contribution is 2.54. The fourth-order valence-corrected chi connectivity index (χ4v) is 7.66. The number of benzene rings is 7. The molecule has 49 heavy (non-hydrogen) atoms. The minimum absolute atomic E-state index is 0.104. The number of hydrogen-bond donors (Lipinski definition) is 0. The third-order valence-electron chi connectivity index (χ3n) is 10.1. The Hall–Kier alpha value is -6.12. The lowest BCUT2D eigenvalue weighted by molar-refractivity contribution is 0.662. The average Bonchev–Trinajstić information content (AvgIpc) is 3.42. The van der Waals surface area contributed by atoms with E-state index in [2.05, 4.69) is 159 Å². The van der Waals surface area contributed by atoms with Gasteiger partial charge in [-0.3, -0.25) is 0 Å². The lowest BCUT2D eigenvalue weighted by atomic mass is 9.78. The first-order chi connectivity index (χ1) is 24.0. The van der Waals surface area contributed by atoms with Crippen molar-refractivity contribution in [1.82, 2.24) is 9.97 Å². The van der Waals surface area contributed by atoms with E-state index in [0.717, 1.165) is 39.5 Å². The van der Waals surface area contributed by atoms with E-state index in [-0.39, 0.29) is 5.41 Å². The fourth-order valence-electron chi connectivity index (χ4n) is 7.66. The lowest BCUT2D eigenvalue weighted by Crippen LogP contribution is -2.16. The number of fused-ring (bicyclic) bond motifs is 5. The van der Waals surface area contributed by atoms with Gasteiger partial charge in [0.1, 0.15) is 0 Å². The van der Waals surface area contributed by atoms with Gasteiger partial charge in [-0.05, 0) is 67.4 Å². The Bertz CT molecular complexity index is 2440. The molecule has 1 aliphatic rings. The van der Waals surface area contributed by atoms with Gasteiger partial charge in [0.25, 0.3) is 0 Å². The van der Waals surface area contributed by atoms with E-state index >= 15 is 0 Å². The van der Waals surface area contributed by atoms with Crippen LogP contribution in [-0.2, 0) is 5.41 Å². The third-order valence-corrected chi connectivity index (χ3v) is 10.1. The second kappa shape index (κ2) is 11.5. The molecule has 1 aliphatic carbocycles. The molecule has 9 rings (SSSR count). The standard InChI is InChI=1S/C47H34N2/c1-47(2)41-28-27-32-13-9-10-20-38(32)44(41)40-22-12-21-39(45(40)47)33-25-23-31(24-26-33)36-18-11-19-37(29-36)43-30-42(34-14-5-3-6-15-34)48-46(49-43)35-16-7-4-8-17-35/h3-30H,1-2H3. The van der Waals surface area contributed by atoms with Crippen LogP contribution in [0, 0.1) is 0 Å². The van der Waals surface area contributed by atoms with Crippen LogP contribution < -0.4 is 0 Å². The smallest absolute Gasteiger partial charge is 0.160 e. The third kappa shape index (κ3) is 4.96. The van der Waals surface area contributed by atoms with Crippen molar-refractivity contribution in [2.24, 2.45) is 0 Å². The summed E-state index contributed by atoms with van der Waals surface area (Å²) in [5.41, 5.74) is 15.2. The summed E-state index contributed by atoms with van der Waals surface area (Å²) in [6.45, 7) is 4.74. The largest absolute Gasteiger partial charge is 0.228 e. The van der Waals surface area contributed by atoms with E-state index in [1.54, 1.807) is 0 Å². The summed E-state index contributed by atoms with van der Waals surface area (Å²) in [6, 6.07) is 60.6. The van der Waals surface area contributed by atoms with E-state index in [1.165, 1.54) is 49.7 Å². The van der Waals surface area contributed by atoms with E-state index in [9.17, 15) is 0 Å². The maximum Gasteiger partial charge on any atom is 0.160 e. The fraction of sp³-hybridized carbons (Fsp3) is 0.0638. The summed E-state index contributed by atoms with van der Waals surface area (Å²) in [4.78, 5) is 10.0. The first kappa shape index (κ1) is 29.1. The van der Waals surface area contributed by atoms with Gasteiger partial charge in [-0.25, -0.2) is 9.97 Å². The molecule has 0 N–H and O–H groups in total. The minimum atomic E-state index is -0.104. The molecule has 0 atom stereocenters. The molecule has 0 aliphatic heterocycles. The highest BCUT2D eigenvalue weighted by Gasteiger charge is 2.38. The van der Waals surface area contributed by atoms with Crippen molar-refractivity contribution in [2.45, 2.75) is 19.3 Å². The zero-order valence-electron chi connectivity index (χ0n) is 27.6. The molecule has 2 nitrogen and oxygen atoms in total. The molecule has 0 spiro atoms. The molecule has 0 saturated carbocycles. The van der Waals surface area contributed by atoms with E-state index < -0.39 is 0 Å². The second-order valence-corrected chi connectivity index (χ2v) is 13.4. The lowest BCUT2D eigenvalue weighted by Gasteiger charge is -2.24. The van der Waals surface area contributed by atoms with E-state index in [1.807, 2.05) is 24.3 Å². The summed E-state index contributed by atoms with van der Waals surface area (Å²) in [5.74, 6) is 0.722. The van der Waals surface area contributed by atoms with Crippen LogP contribution in [0.5, 0.6) is 0 Å². The van der Waals surface area contributed by atoms with Gasteiger partial charge in [0.15, 0.2) is 5.82 Å². The van der Waals surface area contributed by atoms with Crippen LogP contribution in [0.15, 0.2) is 170 Å². The zero-order valence-corrected chi connectivity index (χ0v) is 27.6. The van der Waals surface area contributed by atoms with Crippen LogP contribution in [-0.4, -0.2) is 9.97 Å². The first-order valence-corrected chi connectivity index (χ1v) is 16.9. The Morgan fingerprint density at radius 3 is 1.78 bits per heavy atom. The molecule has 0 unspecified atom stereocenters. The quantitative estimate of drug-likeness (QED) is 0.190. The Labute approximate surface area is 287 Å². The number of aromatic nitrogens is 2. The highest BCUT2D eigenvalue weighted by atomic mass is 14.9. The molecule has 0 fully saturated rings. The van der Waals surface area contributed by atoms with Crippen molar-refractivity contribution >= 4 is 10.8 Å². The van der Waals surface area contributed by atoms with Gasteiger partial charge in [0.2, 0.25) is 0 Å². The molecule has 8 aromatic rings. The summed E-state index contributed by atoms with van der Waals surface area (Å²) in [6.07, 6.45) is 0. The van der Waals surface area contributed by atoms with Crippen molar-refractivity contribution in [2.75, 3.05) is 0 Å². The molecule has 0 bridgehead atoms. The number of rotatable bonds is 5. The topological polar surface area (TPSA) is 25.8 Å². The van der Waals surface area contributed by atoms with Gasteiger partial charge in [-0.15, -0.1) is 0 Å². The van der Waals surface area contributed by atoms with Gasteiger partial charge in [0.05, 0.1) is 11.4 Å². The summed E-state index contributed by atoms with van der Waals surface area (Å²) in [7, 11) is 0. The average molecular weight is 627 g/mol. The monoisotopic (exact) mass is 626 g/mol. The molecule has 1 heterocycles. The maximum absolute atomic E-state index is 5.06. The highest BCUT2D eigenvalue weighted by molar-refractivity contribution is 6.04. The normalized spacial score (nSPS) is 12.9. The molecular formula is C47H34N2. The Morgan fingerprint density at radius 2 is 1.00 bits per heavy atom. The van der Waals surface area contributed by atoms with Crippen LogP contribution in [0.3, 0.4) is 0 Å². The van der Waals surface area contributed by atoms with Gasteiger partial charge in [0, 0.05) is 22.1 Å². The maximum atomic E-state index is 5.06. The first-order valence-electron chi connectivity index (χ1n) is 16.9. The molecule has 7 aromatic carbocycles. The SMILES string of the molecule is CC1(C)c2ccc3ccccc3c2-c2cccc(-c3ccc(-c4cccc(-c5cc(-c6ccccc6)nc(-c6ccccc6)n5)c4)cc3)c21. The van der Waals surface area contributed by atoms with Crippen molar-refractivity contribution < 1.29 is 0 Å². The number of hydrogen-bond acceptors (Lipinski definition) is 2. The van der Waals surface area contributed by atoms with E-state index in [0.29, 0.717) is 0 Å². The molecule has 232 valence electrons. The summed E-state index contributed by atoms with van der Waals surface area (Å²) in [5, 5.41) is 2.62. The Morgan fingerprint density at radius 1 is 0.408 bits per heavy atom. The zero-order chi connectivity index (χ0) is 33.0. The molecule has 0 saturated heterocycles. The van der Waals surface area contributed by atoms with Gasteiger partial charge >= 0.3 is 0 Å². The van der Waals surface area contributed by atoms with Gasteiger partial charge in [-0.2, -0.15) is 0 Å². The van der Waals surface area contributed by atoms with Crippen LogP contribution >= 0.6 is 0 Å². The van der Waals surface area contributed by atoms with Gasteiger partial charge in [-0.1, -0.05) is 172 Å². The summed E-state index contributed by atoms with van der Waals surface area (Å²) >= 11 is 0. The predicted octanol–water partition coefficient (Wildman–Crippen LogP) is 12.3. The van der Waals surface area contributed by atoms with Crippen molar-refractivity contribution in [3.63, 3.8) is 0 Å². The van der Waals surface area contributed by atoms with Crippen LogP contribution in [0.25, 0.3) is 78.1 Å². The van der Waals surface area contributed by atoms with Crippen LogP contribution in [0.4, 0.5) is 0 Å². The van der Waals surface area contributed by atoms with E-state index in [4.69, 9.17) is 9.97 Å². The van der Waals surface area contributed by atoms with Crippen LogP contribution in [0.1, 0.15) is 25.0 Å². The molecule has 1 aromatic heterocycles. The molecule has 0 amide bonds. The Kier molecular flexibility index (Phi) is 6.84. The van der Waals surface area contributed by atoms with Gasteiger partial charge < -0.3 is 0 Å². The van der Waals surface area contributed by atoms with Crippen molar-refractivity contribution in [3.05, 3.63) is 181 Å². The van der Waals surface area contributed by atoms with Crippen molar-refractivity contribution in [3.8, 4) is 67.3 Å². The molecule has 0 radical (unpaired) electrons. The predicted molar refractivity (Wildman–Crippen MR) is 204 cm³/mol. The summed E-state index contributed by atoms with van der Waals surface area (Å²) < 4.78 is 0. The Balaban J connectivity index is 1.10. The number of nitrogens with zero attached hydrogens (tertiary/aromatic N) is 2. The molecule has 2 heteroatoms. The van der Waals surface area contributed by atoms with Crippen molar-refractivity contribution in [1.29, 1.82) is 0 Å². The van der Waals surface area contributed by atoms with Crippen LogP contribution in [0.2, 0.25) is 0 Å². The molecular weight excluding hydrogens is 593 g/mol. The minimum Gasteiger partial charge on any atom is -0.228 e.